The van der Waals surface area contributed by atoms with Crippen molar-refractivity contribution in [3.63, 3.8) is 0 Å². The van der Waals surface area contributed by atoms with Crippen LogP contribution in [0.25, 0.3) is 0 Å². The molecule has 7 nitrogen and oxygen atoms in total. The summed E-state index contributed by atoms with van der Waals surface area (Å²) in [4.78, 5) is 22.7. The van der Waals surface area contributed by atoms with E-state index in [1.54, 1.807) is 12.1 Å². The van der Waals surface area contributed by atoms with E-state index < -0.39 is 4.92 Å². The Morgan fingerprint density at radius 1 is 1.12 bits per heavy atom. The molecule has 0 radical (unpaired) electrons. The zero-order chi connectivity index (χ0) is 18.9. The molecule has 0 heterocycles. The second-order valence-corrected chi connectivity index (χ2v) is 6.56. The van der Waals surface area contributed by atoms with Crippen LogP contribution in [0.2, 0.25) is 0 Å². The van der Waals surface area contributed by atoms with Crippen molar-refractivity contribution in [1.29, 1.82) is 0 Å². The molecule has 0 aromatic heterocycles. The average molecular weight is 394 g/mol. The van der Waals surface area contributed by atoms with E-state index in [2.05, 4.69) is 16.2 Å². The Labute approximate surface area is 158 Å². The highest BCUT2D eigenvalue weighted by atomic mass is 32.2. The molecule has 1 amide bonds. The van der Waals surface area contributed by atoms with Gasteiger partial charge in [-0.05, 0) is 48.6 Å². The molecule has 0 saturated carbocycles. The number of thioether (sulfide) groups is 1. The molecule has 0 unspecified atom stereocenters. The third-order valence-electron chi connectivity index (χ3n) is 3.06. The lowest BCUT2D eigenvalue weighted by atomic mass is 10.3. The van der Waals surface area contributed by atoms with E-state index in [4.69, 9.17) is 12.2 Å². The maximum absolute atomic E-state index is 12.8. The van der Waals surface area contributed by atoms with E-state index in [1.165, 1.54) is 48.2 Å². The summed E-state index contributed by atoms with van der Waals surface area (Å²) in [6.07, 6.45) is 0.245. The van der Waals surface area contributed by atoms with E-state index in [0.717, 1.165) is 4.90 Å². The highest BCUT2D eigenvalue weighted by Crippen LogP contribution is 2.18. The smallest absolute Gasteiger partial charge is 0.269 e. The summed E-state index contributed by atoms with van der Waals surface area (Å²) in [5.41, 5.74) is 5.53. The fraction of sp³-hybridized carbons (Fsp3) is 0.125. The minimum atomic E-state index is -0.496. The lowest BCUT2D eigenvalue weighted by Gasteiger charge is -2.11. The molecule has 0 spiro atoms. The second kappa shape index (κ2) is 9.68. The molecule has 0 aliphatic carbocycles. The van der Waals surface area contributed by atoms with Crippen LogP contribution in [0.3, 0.4) is 0 Å². The van der Waals surface area contributed by atoms with Gasteiger partial charge in [0.2, 0.25) is 5.91 Å². The number of thiocarbonyl (C=S) groups is 1. The first kappa shape index (κ1) is 19.6. The first-order chi connectivity index (χ1) is 12.4. The fourth-order valence-electron chi connectivity index (χ4n) is 1.81. The van der Waals surface area contributed by atoms with Gasteiger partial charge in [-0.2, -0.15) is 0 Å². The van der Waals surface area contributed by atoms with Gasteiger partial charge in [-0.25, -0.2) is 4.39 Å². The Balaban J connectivity index is 1.67. The molecular weight excluding hydrogens is 379 g/mol. The van der Waals surface area contributed by atoms with Crippen LogP contribution >= 0.6 is 24.0 Å². The lowest BCUT2D eigenvalue weighted by molar-refractivity contribution is -0.384. The molecule has 0 atom stereocenters. The number of nitro groups is 1. The number of hydrazine groups is 1. The van der Waals surface area contributed by atoms with Crippen molar-refractivity contribution in [1.82, 2.24) is 10.9 Å². The van der Waals surface area contributed by atoms with Crippen LogP contribution < -0.4 is 16.2 Å². The first-order valence-electron chi connectivity index (χ1n) is 7.43. The molecule has 2 rings (SSSR count). The number of hydrogen-bond acceptors (Lipinski definition) is 5. The van der Waals surface area contributed by atoms with E-state index in [9.17, 15) is 19.3 Å². The van der Waals surface area contributed by atoms with Crippen LogP contribution in [0, 0.1) is 15.9 Å². The van der Waals surface area contributed by atoms with Gasteiger partial charge in [-0.1, -0.05) is 0 Å². The van der Waals surface area contributed by atoms with Crippen molar-refractivity contribution in [2.75, 3.05) is 11.1 Å². The zero-order valence-electron chi connectivity index (χ0n) is 13.4. The predicted octanol–water partition coefficient (Wildman–Crippen LogP) is 3.23. The van der Waals surface area contributed by atoms with Crippen LogP contribution in [0.1, 0.15) is 6.42 Å². The van der Waals surface area contributed by atoms with Crippen LogP contribution in [0.15, 0.2) is 53.4 Å². The second-order valence-electron chi connectivity index (χ2n) is 4.98. The van der Waals surface area contributed by atoms with Crippen molar-refractivity contribution in [2.24, 2.45) is 0 Å². The van der Waals surface area contributed by atoms with E-state index in [1.807, 2.05) is 0 Å². The topological polar surface area (TPSA) is 96.3 Å². The molecule has 26 heavy (non-hydrogen) atoms. The molecule has 0 saturated heterocycles. The highest BCUT2D eigenvalue weighted by molar-refractivity contribution is 7.99. The quantitative estimate of drug-likeness (QED) is 0.300. The number of nitro benzene ring substituents is 1. The minimum absolute atomic E-state index is 0.0265. The van der Waals surface area contributed by atoms with Crippen molar-refractivity contribution in [2.45, 2.75) is 11.3 Å². The molecule has 3 N–H and O–H groups in total. The van der Waals surface area contributed by atoms with Gasteiger partial charge in [0.1, 0.15) is 5.82 Å². The molecule has 10 heteroatoms. The summed E-state index contributed by atoms with van der Waals surface area (Å²) in [6.45, 7) is 0. The third-order valence-corrected chi connectivity index (χ3v) is 4.28. The Morgan fingerprint density at radius 3 is 2.38 bits per heavy atom. The fourth-order valence-corrected chi connectivity index (χ4v) is 2.83. The minimum Gasteiger partial charge on any atom is -0.331 e. The Hall–Kier alpha value is -2.72. The van der Waals surface area contributed by atoms with Gasteiger partial charge >= 0.3 is 0 Å². The summed E-state index contributed by atoms with van der Waals surface area (Å²) >= 11 is 6.47. The highest BCUT2D eigenvalue weighted by Gasteiger charge is 2.06. The summed E-state index contributed by atoms with van der Waals surface area (Å²) < 4.78 is 12.8. The third kappa shape index (κ3) is 6.65. The number of halogens is 1. The van der Waals surface area contributed by atoms with E-state index in [-0.39, 0.29) is 28.9 Å². The average Bonchev–Trinajstić information content (AvgIpc) is 2.62. The van der Waals surface area contributed by atoms with Crippen molar-refractivity contribution in [3.05, 3.63) is 64.5 Å². The summed E-state index contributed by atoms with van der Waals surface area (Å²) in [5, 5.41) is 13.5. The molecule has 0 aliphatic rings. The molecule has 0 bridgehead atoms. The Bertz CT molecular complexity index is 785. The molecule has 0 aliphatic heterocycles. The van der Waals surface area contributed by atoms with Crippen LogP contribution in [0.5, 0.6) is 0 Å². The van der Waals surface area contributed by atoms with Gasteiger partial charge in [0.25, 0.3) is 5.69 Å². The number of anilines is 1. The standard InChI is InChI=1S/C16H15FN4O3S2/c17-11-1-7-14(8-2-11)26-10-9-15(22)19-20-16(25)18-12-3-5-13(6-4-12)21(23)24/h1-8H,9-10H2,(H,19,22)(H2,18,20,25). The number of non-ortho nitro benzene ring substituents is 1. The summed E-state index contributed by atoms with van der Waals surface area (Å²) in [7, 11) is 0. The van der Waals surface area contributed by atoms with Crippen LogP contribution in [-0.2, 0) is 4.79 Å². The summed E-state index contributed by atoms with van der Waals surface area (Å²) in [5.74, 6) is -0.0282. The maximum atomic E-state index is 12.8. The van der Waals surface area contributed by atoms with Gasteiger partial charge < -0.3 is 5.32 Å². The van der Waals surface area contributed by atoms with Crippen molar-refractivity contribution >= 4 is 46.4 Å². The molecule has 136 valence electrons. The van der Waals surface area contributed by atoms with Gasteiger partial charge in [-0.15, -0.1) is 11.8 Å². The molecular formula is C16H15FN4O3S2. The number of amides is 1. The first-order valence-corrected chi connectivity index (χ1v) is 8.82. The van der Waals surface area contributed by atoms with E-state index >= 15 is 0 Å². The lowest BCUT2D eigenvalue weighted by Crippen LogP contribution is -2.43. The zero-order valence-corrected chi connectivity index (χ0v) is 15.0. The normalized spacial score (nSPS) is 10.0. The number of rotatable bonds is 6. The number of nitrogens with zero attached hydrogens (tertiary/aromatic N) is 1. The number of carbonyl (C=O) groups is 1. The SMILES string of the molecule is O=C(CCSc1ccc(F)cc1)NNC(=S)Nc1ccc([N+](=O)[O-])cc1. The van der Waals surface area contributed by atoms with Crippen molar-refractivity contribution < 1.29 is 14.1 Å². The van der Waals surface area contributed by atoms with Crippen molar-refractivity contribution in [3.8, 4) is 0 Å². The van der Waals surface area contributed by atoms with Gasteiger partial charge in [-0.3, -0.25) is 25.8 Å². The largest absolute Gasteiger partial charge is 0.331 e. The van der Waals surface area contributed by atoms with Gasteiger partial charge in [0.15, 0.2) is 5.11 Å². The Morgan fingerprint density at radius 2 is 1.77 bits per heavy atom. The summed E-state index contributed by atoms with van der Waals surface area (Å²) in [6, 6.07) is 11.7. The number of nitrogens with one attached hydrogen (secondary N) is 3. The van der Waals surface area contributed by atoms with Gasteiger partial charge in [0, 0.05) is 34.9 Å². The number of hydrogen-bond donors (Lipinski definition) is 3. The van der Waals surface area contributed by atoms with Crippen LogP contribution in [0.4, 0.5) is 15.8 Å². The molecule has 0 fully saturated rings. The van der Waals surface area contributed by atoms with E-state index in [0.29, 0.717) is 11.4 Å². The molecule has 2 aromatic carbocycles. The van der Waals surface area contributed by atoms with Gasteiger partial charge in [0.05, 0.1) is 4.92 Å². The molecule has 2 aromatic rings. The monoisotopic (exact) mass is 394 g/mol. The Kier molecular flexibility index (Phi) is 7.30. The van der Waals surface area contributed by atoms with Crippen LogP contribution in [-0.4, -0.2) is 21.7 Å². The number of carbonyl (C=O) groups excluding carboxylic acids is 1. The number of benzene rings is 2. The predicted molar refractivity (Wildman–Crippen MR) is 102 cm³/mol. The maximum Gasteiger partial charge on any atom is 0.269 e.